The van der Waals surface area contributed by atoms with Crippen molar-refractivity contribution in [2.45, 2.75) is 38.6 Å². The van der Waals surface area contributed by atoms with Gasteiger partial charge in [0.1, 0.15) is 12.4 Å². The number of rotatable bonds is 3. The van der Waals surface area contributed by atoms with Crippen LogP contribution in [0.15, 0.2) is 28.3 Å². The number of ether oxygens (including phenoxy) is 1. The van der Waals surface area contributed by atoms with Gasteiger partial charge in [-0.1, -0.05) is 6.08 Å². The SMILES string of the molecule is CC(=O)N1CCc2cc(OCC3=CC4CCCN4CC3)c(Br)cc21. The van der Waals surface area contributed by atoms with Gasteiger partial charge in [0, 0.05) is 31.7 Å². The van der Waals surface area contributed by atoms with E-state index in [9.17, 15) is 4.79 Å². The number of hydrogen-bond donors (Lipinski definition) is 0. The molecule has 0 radical (unpaired) electrons. The third-order valence-corrected chi connectivity index (χ3v) is 6.00. The molecule has 4 nitrogen and oxygen atoms in total. The van der Waals surface area contributed by atoms with Crippen LogP contribution in [-0.4, -0.2) is 43.1 Å². The molecular formula is C19H23BrN2O2. The smallest absolute Gasteiger partial charge is 0.223 e. The molecular weight excluding hydrogens is 368 g/mol. The molecule has 0 aromatic heterocycles. The zero-order chi connectivity index (χ0) is 16.7. The molecule has 3 heterocycles. The van der Waals surface area contributed by atoms with Crippen LogP contribution in [0.2, 0.25) is 0 Å². The lowest BCUT2D eigenvalue weighted by molar-refractivity contribution is -0.116. The molecule has 0 aliphatic carbocycles. The average molecular weight is 391 g/mol. The van der Waals surface area contributed by atoms with Crippen molar-refractivity contribution in [3.63, 3.8) is 0 Å². The molecule has 24 heavy (non-hydrogen) atoms. The molecule has 0 spiro atoms. The van der Waals surface area contributed by atoms with E-state index in [1.54, 1.807) is 6.92 Å². The molecule has 1 aromatic carbocycles. The molecule has 1 saturated heterocycles. The first-order valence-corrected chi connectivity index (χ1v) is 9.58. The Morgan fingerprint density at radius 3 is 3.00 bits per heavy atom. The van der Waals surface area contributed by atoms with E-state index in [1.807, 2.05) is 11.0 Å². The number of anilines is 1. The van der Waals surface area contributed by atoms with Crippen LogP contribution in [-0.2, 0) is 11.2 Å². The molecule has 0 N–H and O–H groups in total. The van der Waals surface area contributed by atoms with Gasteiger partial charge >= 0.3 is 0 Å². The fourth-order valence-corrected chi connectivity index (χ4v) is 4.52. The van der Waals surface area contributed by atoms with E-state index < -0.39 is 0 Å². The van der Waals surface area contributed by atoms with Crippen LogP contribution < -0.4 is 9.64 Å². The van der Waals surface area contributed by atoms with Gasteiger partial charge in [-0.25, -0.2) is 0 Å². The number of amides is 1. The highest BCUT2D eigenvalue weighted by atomic mass is 79.9. The summed E-state index contributed by atoms with van der Waals surface area (Å²) in [6.07, 6.45) is 7.02. The summed E-state index contributed by atoms with van der Waals surface area (Å²) >= 11 is 3.61. The van der Waals surface area contributed by atoms with Gasteiger partial charge in [-0.2, -0.15) is 0 Å². The number of halogens is 1. The third-order valence-electron chi connectivity index (χ3n) is 5.38. The largest absolute Gasteiger partial charge is 0.488 e. The highest BCUT2D eigenvalue weighted by Gasteiger charge is 2.27. The van der Waals surface area contributed by atoms with Crippen LogP contribution in [0, 0.1) is 0 Å². The van der Waals surface area contributed by atoms with Crippen LogP contribution in [0.1, 0.15) is 31.7 Å². The van der Waals surface area contributed by atoms with Gasteiger partial charge in [0.2, 0.25) is 5.91 Å². The standard InChI is InChI=1S/C19H23BrN2O2/c1-13(23)22-8-5-15-10-19(17(20)11-18(15)22)24-12-14-4-7-21-6-2-3-16(21)9-14/h9-11,16H,2-8,12H2,1H3. The van der Waals surface area contributed by atoms with Crippen molar-refractivity contribution >= 4 is 27.5 Å². The molecule has 1 fully saturated rings. The van der Waals surface area contributed by atoms with E-state index in [4.69, 9.17) is 4.74 Å². The molecule has 1 atom stereocenters. The van der Waals surface area contributed by atoms with E-state index in [0.29, 0.717) is 12.6 Å². The van der Waals surface area contributed by atoms with Gasteiger partial charge < -0.3 is 9.64 Å². The molecule has 3 aliphatic heterocycles. The quantitative estimate of drug-likeness (QED) is 0.740. The van der Waals surface area contributed by atoms with Gasteiger partial charge in [0.05, 0.1) is 4.47 Å². The van der Waals surface area contributed by atoms with E-state index in [1.165, 1.54) is 37.1 Å². The first kappa shape index (κ1) is 16.2. The molecule has 0 saturated carbocycles. The zero-order valence-corrected chi connectivity index (χ0v) is 15.6. The third kappa shape index (κ3) is 3.00. The fraction of sp³-hybridized carbons (Fsp3) is 0.526. The van der Waals surface area contributed by atoms with Crippen molar-refractivity contribution in [2.75, 3.05) is 31.1 Å². The second-order valence-electron chi connectivity index (χ2n) is 6.94. The van der Waals surface area contributed by atoms with Gasteiger partial charge in [0.15, 0.2) is 0 Å². The summed E-state index contributed by atoms with van der Waals surface area (Å²) in [6, 6.07) is 4.74. The number of carbonyl (C=O) groups excluding carboxylic acids is 1. The van der Waals surface area contributed by atoms with Crippen molar-refractivity contribution in [1.29, 1.82) is 0 Å². The van der Waals surface area contributed by atoms with Crippen molar-refractivity contribution < 1.29 is 9.53 Å². The fourth-order valence-electron chi connectivity index (χ4n) is 4.08. The summed E-state index contributed by atoms with van der Waals surface area (Å²) < 4.78 is 7.03. The maximum absolute atomic E-state index is 11.7. The molecule has 3 aliphatic rings. The number of hydrogen-bond acceptors (Lipinski definition) is 3. The second-order valence-corrected chi connectivity index (χ2v) is 7.80. The Balaban J connectivity index is 1.47. The topological polar surface area (TPSA) is 32.8 Å². The van der Waals surface area contributed by atoms with Gasteiger partial charge in [-0.3, -0.25) is 9.69 Å². The number of benzene rings is 1. The van der Waals surface area contributed by atoms with E-state index in [-0.39, 0.29) is 5.91 Å². The Kier molecular flexibility index (Phi) is 4.39. The first-order valence-electron chi connectivity index (χ1n) is 8.79. The number of fused-ring (bicyclic) bond motifs is 2. The zero-order valence-electron chi connectivity index (χ0n) is 14.1. The Labute approximate surface area is 151 Å². The Morgan fingerprint density at radius 2 is 2.17 bits per heavy atom. The minimum absolute atomic E-state index is 0.0998. The molecule has 128 valence electrons. The minimum atomic E-state index is 0.0998. The van der Waals surface area contributed by atoms with E-state index in [0.717, 1.165) is 35.3 Å². The lowest BCUT2D eigenvalue weighted by Gasteiger charge is -2.28. The van der Waals surface area contributed by atoms with Crippen LogP contribution >= 0.6 is 15.9 Å². The summed E-state index contributed by atoms with van der Waals surface area (Å²) in [4.78, 5) is 16.1. The van der Waals surface area contributed by atoms with Crippen LogP contribution in [0.4, 0.5) is 5.69 Å². The van der Waals surface area contributed by atoms with Crippen molar-refractivity contribution in [2.24, 2.45) is 0 Å². The predicted molar refractivity (Wildman–Crippen MR) is 98.7 cm³/mol. The normalized spacial score (nSPS) is 23.0. The maximum atomic E-state index is 11.7. The van der Waals surface area contributed by atoms with Crippen LogP contribution in [0.5, 0.6) is 5.75 Å². The Hall–Kier alpha value is -1.33. The summed E-state index contributed by atoms with van der Waals surface area (Å²) in [5.74, 6) is 0.983. The van der Waals surface area contributed by atoms with Gasteiger partial charge in [-0.05, 0) is 71.4 Å². The predicted octanol–water partition coefficient (Wildman–Crippen LogP) is 3.53. The van der Waals surface area contributed by atoms with Crippen molar-refractivity contribution in [1.82, 2.24) is 4.90 Å². The number of nitrogens with zero attached hydrogens (tertiary/aromatic N) is 2. The molecule has 1 unspecified atom stereocenters. The second kappa shape index (κ2) is 6.52. The molecule has 1 aromatic rings. The molecule has 0 bridgehead atoms. The van der Waals surface area contributed by atoms with Crippen molar-refractivity contribution in [3.05, 3.63) is 33.8 Å². The lowest BCUT2D eigenvalue weighted by Crippen LogP contribution is -2.33. The van der Waals surface area contributed by atoms with Crippen molar-refractivity contribution in [3.8, 4) is 5.75 Å². The van der Waals surface area contributed by atoms with Crippen LogP contribution in [0.25, 0.3) is 0 Å². The van der Waals surface area contributed by atoms with E-state index in [2.05, 4.69) is 33.0 Å². The van der Waals surface area contributed by atoms with Gasteiger partial charge in [-0.15, -0.1) is 0 Å². The molecule has 4 rings (SSSR count). The Morgan fingerprint density at radius 1 is 1.29 bits per heavy atom. The maximum Gasteiger partial charge on any atom is 0.223 e. The summed E-state index contributed by atoms with van der Waals surface area (Å²) in [5, 5.41) is 0. The minimum Gasteiger partial charge on any atom is -0.488 e. The van der Waals surface area contributed by atoms with Gasteiger partial charge in [0.25, 0.3) is 0 Å². The monoisotopic (exact) mass is 390 g/mol. The molecule has 5 heteroatoms. The van der Waals surface area contributed by atoms with E-state index >= 15 is 0 Å². The number of carbonyl (C=O) groups is 1. The summed E-state index contributed by atoms with van der Waals surface area (Å²) in [6.45, 7) is 5.47. The summed E-state index contributed by atoms with van der Waals surface area (Å²) in [5.41, 5.74) is 3.62. The average Bonchev–Trinajstić information content (AvgIpc) is 3.18. The highest BCUT2D eigenvalue weighted by molar-refractivity contribution is 9.10. The molecule has 1 amide bonds. The summed E-state index contributed by atoms with van der Waals surface area (Å²) in [7, 11) is 0. The van der Waals surface area contributed by atoms with Crippen LogP contribution in [0.3, 0.4) is 0 Å². The highest BCUT2D eigenvalue weighted by Crippen LogP contribution is 2.37. The lowest BCUT2D eigenvalue weighted by atomic mass is 10.0. The first-order chi connectivity index (χ1) is 11.6. The Bertz CT molecular complexity index is 701.